The van der Waals surface area contributed by atoms with Gasteiger partial charge in [-0.3, -0.25) is 4.79 Å². The number of rotatable bonds is 0. The summed E-state index contributed by atoms with van der Waals surface area (Å²) >= 11 is 0. The molecule has 0 unspecified atom stereocenters. The number of benzene rings is 1. The van der Waals surface area contributed by atoms with Gasteiger partial charge in [0.2, 0.25) is 0 Å². The molecule has 0 aliphatic carbocycles. The molecule has 5 nitrogen and oxygen atoms in total. The van der Waals surface area contributed by atoms with Crippen molar-refractivity contribution in [1.29, 1.82) is 0 Å². The molecule has 0 spiro atoms. The Labute approximate surface area is 129 Å². The van der Waals surface area contributed by atoms with Gasteiger partial charge in [-0.1, -0.05) is 18.2 Å². The van der Waals surface area contributed by atoms with Gasteiger partial charge in [0.25, 0.3) is 5.56 Å². The first-order valence-electron chi connectivity index (χ1n) is 7.26. The SMILES string of the molecule is O=c1cc2cc3n(c(=O)c2co1)Cc1cc2ccccc2nc1-3. The van der Waals surface area contributed by atoms with Crippen molar-refractivity contribution in [1.82, 2.24) is 9.55 Å². The fraction of sp³-hybridized carbons (Fsp3) is 0.0556. The standard InChI is InChI=1S/C18H10N2O3/c21-16-7-11-6-15-17-12(5-10-3-1-2-4-14(10)19-17)8-20(15)18(22)13(11)9-23-16/h1-7,9H,8H2. The minimum absolute atomic E-state index is 0.164. The molecule has 3 aromatic heterocycles. The van der Waals surface area contributed by atoms with Crippen molar-refractivity contribution in [3.8, 4) is 11.4 Å². The Morgan fingerprint density at radius 1 is 1.04 bits per heavy atom. The Hall–Kier alpha value is -3.21. The minimum atomic E-state index is -0.466. The third-order valence-electron chi connectivity index (χ3n) is 4.31. The summed E-state index contributed by atoms with van der Waals surface area (Å²) in [5, 5.41) is 2.04. The molecule has 5 heteroatoms. The van der Waals surface area contributed by atoms with Gasteiger partial charge in [0, 0.05) is 17.0 Å². The van der Waals surface area contributed by atoms with Crippen LogP contribution in [0.5, 0.6) is 0 Å². The maximum absolute atomic E-state index is 12.7. The number of nitrogens with zero attached hydrogens (tertiary/aromatic N) is 2. The number of hydrogen-bond donors (Lipinski definition) is 0. The lowest BCUT2D eigenvalue weighted by molar-refractivity contribution is 0.517. The van der Waals surface area contributed by atoms with E-state index in [0.29, 0.717) is 17.3 Å². The monoisotopic (exact) mass is 302 g/mol. The van der Waals surface area contributed by atoms with Crippen LogP contribution in [0.1, 0.15) is 5.56 Å². The van der Waals surface area contributed by atoms with Gasteiger partial charge >= 0.3 is 5.63 Å². The molecule has 0 radical (unpaired) electrons. The van der Waals surface area contributed by atoms with E-state index in [1.165, 1.54) is 12.3 Å². The van der Waals surface area contributed by atoms with E-state index in [9.17, 15) is 9.59 Å². The molecule has 4 heterocycles. The Bertz CT molecular complexity index is 1230. The second-order valence-corrected chi connectivity index (χ2v) is 5.68. The molecule has 5 rings (SSSR count). The van der Waals surface area contributed by atoms with Crippen LogP contribution in [-0.2, 0) is 6.54 Å². The van der Waals surface area contributed by atoms with Crippen LogP contribution >= 0.6 is 0 Å². The van der Waals surface area contributed by atoms with E-state index >= 15 is 0 Å². The van der Waals surface area contributed by atoms with Crippen LogP contribution in [0.2, 0.25) is 0 Å². The van der Waals surface area contributed by atoms with Crippen LogP contribution in [0, 0.1) is 0 Å². The molecule has 1 aliphatic rings. The van der Waals surface area contributed by atoms with Crippen LogP contribution < -0.4 is 11.2 Å². The summed E-state index contributed by atoms with van der Waals surface area (Å²) in [5.41, 5.74) is 2.81. The quantitative estimate of drug-likeness (QED) is 0.441. The second kappa shape index (κ2) is 4.16. The number of aromatic nitrogens is 2. The molecular formula is C18H10N2O3. The maximum Gasteiger partial charge on any atom is 0.336 e. The van der Waals surface area contributed by atoms with E-state index in [4.69, 9.17) is 9.40 Å². The van der Waals surface area contributed by atoms with E-state index in [1.54, 1.807) is 4.57 Å². The molecular weight excluding hydrogens is 292 g/mol. The topological polar surface area (TPSA) is 65.1 Å². The van der Waals surface area contributed by atoms with Crippen molar-refractivity contribution in [2.75, 3.05) is 0 Å². The van der Waals surface area contributed by atoms with E-state index in [1.807, 2.05) is 30.3 Å². The summed E-state index contributed by atoms with van der Waals surface area (Å²) in [6, 6.07) is 13.1. The lowest BCUT2D eigenvalue weighted by Crippen LogP contribution is -2.19. The molecule has 1 aliphatic heterocycles. The molecule has 0 saturated carbocycles. The van der Waals surface area contributed by atoms with E-state index in [2.05, 4.69) is 6.07 Å². The Balaban J connectivity index is 1.90. The summed E-state index contributed by atoms with van der Waals surface area (Å²) in [7, 11) is 0. The molecule has 0 saturated heterocycles. The molecule has 110 valence electrons. The first-order chi connectivity index (χ1) is 11.2. The summed E-state index contributed by atoms with van der Waals surface area (Å²) in [6.45, 7) is 0.483. The molecule has 1 aromatic carbocycles. The second-order valence-electron chi connectivity index (χ2n) is 5.68. The van der Waals surface area contributed by atoms with Crippen molar-refractivity contribution in [3.05, 3.63) is 75.1 Å². The highest BCUT2D eigenvalue weighted by Crippen LogP contribution is 2.32. The zero-order valence-electron chi connectivity index (χ0n) is 11.9. The largest absolute Gasteiger partial charge is 0.430 e. The van der Waals surface area contributed by atoms with Gasteiger partial charge < -0.3 is 8.98 Å². The molecule has 0 bridgehead atoms. The van der Waals surface area contributed by atoms with Gasteiger partial charge in [-0.05, 0) is 23.6 Å². The summed E-state index contributed by atoms with van der Waals surface area (Å²) < 4.78 is 6.52. The van der Waals surface area contributed by atoms with Crippen LogP contribution in [-0.4, -0.2) is 9.55 Å². The van der Waals surface area contributed by atoms with Gasteiger partial charge in [-0.2, -0.15) is 0 Å². The normalized spacial score (nSPS) is 12.5. The predicted molar refractivity (Wildman–Crippen MR) is 86.6 cm³/mol. The van der Waals surface area contributed by atoms with E-state index in [-0.39, 0.29) is 5.56 Å². The number of para-hydroxylation sites is 1. The first kappa shape index (κ1) is 12.3. The number of fused-ring (bicyclic) bond motifs is 5. The summed E-state index contributed by atoms with van der Waals surface area (Å²) in [6.07, 6.45) is 1.24. The van der Waals surface area contributed by atoms with Gasteiger partial charge in [0.05, 0.1) is 28.8 Å². The Morgan fingerprint density at radius 2 is 1.91 bits per heavy atom. The smallest absolute Gasteiger partial charge is 0.336 e. The van der Waals surface area contributed by atoms with Crippen LogP contribution in [0.25, 0.3) is 33.1 Å². The van der Waals surface area contributed by atoms with Crippen molar-refractivity contribution in [2.24, 2.45) is 0 Å². The van der Waals surface area contributed by atoms with Crippen LogP contribution in [0.3, 0.4) is 0 Å². The zero-order valence-corrected chi connectivity index (χ0v) is 11.9. The fourth-order valence-corrected chi connectivity index (χ4v) is 3.22. The first-order valence-corrected chi connectivity index (χ1v) is 7.26. The van der Waals surface area contributed by atoms with Crippen LogP contribution in [0.15, 0.2) is 62.7 Å². The number of hydrogen-bond acceptors (Lipinski definition) is 4. The highest BCUT2D eigenvalue weighted by molar-refractivity contribution is 5.88. The molecule has 23 heavy (non-hydrogen) atoms. The van der Waals surface area contributed by atoms with Gasteiger partial charge in [0.1, 0.15) is 6.26 Å². The van der Waals surface area contributed by atoms with Crippen molar-refractivity contribution in [2.45, 2.75) is 6.54 Å². The lowest BCUT2D eigenvalue weighted by Gasteiger charge is -2.05. The molecule has 4 aromatic rings. The highest BCUT2D eigenvalue weighted by Gasteiger charge is 2.23. The Kier molecular flexibility index (Phi) is 2.24. The third-order valence-corrected chi connectivity index (χ3v) is 4.31. The minimum Gasteiger partial charge on any atom is -0.430 e. The summed E-state index contributed by atoms with van der Waals surface area (Å²) in [4.78, 5) is 28.8. The van der Waals surface area contributed by atoms with Crippen LogP contribution in [0.4, 0.5) is 0 Å². The lowest BCUT2D eigenvalue weighted by atomic mass is 10.1. The van der Waals surface area contributed by atoms with Gasteiger partial charge in [-0.25, -0.2) is 9.78 Å². The highest BCUT2D eigenvalue weighted by atomic mass is 16.4. The molecule has 0 atom stereocenters. The van der Waals surface area contributed by atoms with Crippen molar-refractivity contribution in [3.63, 3.8) is 0 Å². The fourth-order valence-electron chi connectivity index (χ4n) is 3.22. The average molecular weight is 302 g/mol. The van der Waals surface area contributed by atoms with E-state index < -0.39 is 5.63 Å². The molecule has 0 fully saturated rings. The molecule has 0 N–H and O–H groups in total. The zero-order chi connectivity index (χ0) is 15.6. The number of pyridine rings is 2. The van der Waals surface area contributed by atoms with Crippen molar-refractivity contribution >= 4 is 21.7 Å². The van der Waals surface area contributed by atoms with Gasteiger partial charge in [0.15, 0.2) is 0 Å². The molecule has 0 amide bonds. The average Bonchev–Trinajstić information content (AvgIpc) is 2.91. The predicted octanol–water partition coefficient (Wildman–Crippen LogP) is 2.53. The maximum atomic E-state index is 12.7. The van der Waals surface area contributed by atoms with Crippen molar-refractivity contribution < 1.29 is 4.42 Å². The van der Waals surface area contributed by atoms with E-state index in [0.717, 1.165) is 27.9 Å². The third kappa shape index (κ3) is 1.64. The summed E-state index contributed by atoms with van der Waals surface area (Å²) in [5.74, 6) is 0. The Morgan fingerprint density at radius 3 is 2.83 bits per heavy atom. The van der Waals surface area contributed by atoms with Gasteiger partial charge in [-0.15, -0.1) is 0 Å².